The molecule has 0 fully saturated rings. The zero-order valence-electron chi connectivity index (χ0n) is 19.5. The minimum Gasteiger partial charge on any atom is -0.399 e. The quantitative estimate of drug-likeness (QED) is 0.347. The van der Waals surface area contributed by atoms with Crippen molar-refractivity contribution in [2.45, 2.75) is 18.8 Å². The van der Waals surface area contributed by atoms with Gasteiger partial charge in [-0.25, -0.2) is 13.2 Å². The van der Waals surface area contributed by atoms with Crippen LogP contribution in [0.25, 0.3) is 16.8 Å². The van der Waals surface area contributed by atoms with Gasteiger partial charge in [0, 0.05) is 35.0 Å². The van der Waals surface area contributed by atoms with Crippen LogP contribution in [0.2, 0.25) is 0 Å². The molecule has 37 heavy (non-hydrogen) atoms. The van der Waals surface area contributed by atoms with Crippen molar-refractivity contribution >= 4 is 11.6 Å². The Morgan fingerprint density at radius 1 is 0.811 bits per heavy atom. The first-order chi connectivity index (χ1) is 17.8. The summed E-state index contributed by atoms with van der Waals surface area (Å²) >= 11 is 0. The van der Waals surface area contributed by atoms with Gasteiger partial charge in [-0.3, -0.25) is 4.79 Å². The second kappa shape index (κ2) is 8.64. The Bertz CT molecular complexity index is 1610. The van der Waals surface area contributed by atoms with E-state index in [0.29, 0.717) is 27.8 Å². The molecule has 0 saturated carbocycles. The molecule has 0 unspecified atom stereocenters. The number of carbonyl (C=O) groups is 1. The van der Waals surface area contributed by atoms with E-state index >= 15 is 0 Å². The zero-order chi connectivity index (χ0) is 25.8. The summed E-state index contributed by atoms with van der Waals surface area (Å²) in [6.07, 6.45) is -0.676. The highest BCUT2D eigenvalue weighted by atomic mass is 19.1. The van der Waals surface area contributed by atoms with Gasteiger partial charge in [0.25, 0.3) is 5.91 Å². The molecule has 2 bridgehead atoms. The number of fused-ring (bicyclic) bond motifs is 8. The highest BCUT2D eigenvalue weighted by Crippen LogP contribution is 2.54. The Hall–Kier alpha value is -4.36. The van der Waals surface area contributed by atoms with E-state index in [-0.39, 0.29) is 24.3 Å². The van der Waals surface area contributed by atoms with Crippen LogP contribution in [-0.2, 0) is 11.3 Å². The summed E-state index contributed by atoms with van der Waals surface area (Å²) in [5.74, 6) is -2.10. The number of halogens is 3. The normalized spacial score (nSPS) is 16.8. The lowest BCUT2D eigenvalue weighted by molar-refractivity contribution is 0.0857. The number of hydrogen-bond acceptors (Lipinski definition) is 3. The monoisotopic (exact) mass is 498 g/mol. The standard InChI is InChI=1S/C30H21F3N2O2/c1-15(34)16-2-3-19(26(32)12-16)14-35-30(36)18-5-8-23-25(11-18)29-24-10-17(4-7-22(24)28(23)37-29)21-9-6-20(31)13-27(21)33/h2-13,28-29H,1,14,34H2,(H,35,36)/t28-,29+/m0/s1. The van der Waals surface area contributed by atoms with Crippen molar-refractivity contribution < 1.29 is 22.7 Å². The number of nitrogens with two attached hydrogens (primary N) is 1. The third-order valence-corrected chi connectivity index (χ3v) is 6.94. The number of nitrogens with one attached hydrogen (secondary N) is 1. The first-order valence-electron chi connectivity index (χ1n) is 11.7. The number of ether oxygens (including phenoxy) is 1. The summed E-state index contributed by atoms with van der Waals surface area (Å²) in [6, 6.07) is 18.9. The predicted octanol–water partition coefficient (Wildman–Crippen LogP) is 6.15. The lowest BCUT2D eigenvalue weighted by Gasteiger charge is -2.18. The van der Waals surface area contributed by atoms with E-state index in [9.17, 15) is 18.0 Å². The molecule has 2 heterocycles. The lowest BCUT2D eigenvalue weighted by Crippen LogP contribution is -2.23. The van der Waals surface area contributed by atoms with Crippen LogP contribution < -0.4 is 11.1 Å². The van der Waals surface area contributed by atoms with Crippen molar-refractivity contribution in [3.05, 3.63) is 136 Å². The van der Waals surface area contributed by atoms with Gasteiger partial charge in [0.2, 0.25) is 0 Å². The van der Waals surface area contributed by atoms with E-state index in [2.05, 4.69) is 11.9 Å². The van der Waals surface area contributed by atoms with Gasteiger partial charge in [0.05, 0.1) is 0 Å². The number of carbonyl (C=O) groups excluding carboxylic acids is 1. The molecule has 4 nitrogen and oxygen atoms in total. The van der Waals surface area contributed by atoms with Crippen molar-refractivity contribution in [1.82, 2.24) is 5.32 Å². The van der Waals surface area contributed by atoms with Crippen molar-refractivity contribution in [3.63, 3.8) is 0 Å². The van der Waals surface area contributed by atoms with E-state index in [1.54, 1.807) is 30.3 Å². The minimum absolute atomic E-state index is 0.0110. The summed E-state index contributed by atoms with van der Waals surface area (Å²) in [5.41, 5.74) is 11.7. The maximum Gasteiger partial charge on any atom is 0.251 e. The Kier molecular flexibility index (Phi) is 5.38. The fourth-order valence-electron chi connectivity index (χ4n) is 5.05. The molecule has 0 spiro atoms. The van der Waals surface area contributed by atoms with Crippen molar-refractivity contribution in [2.24, 2.45) is 5.73 Å². The zero-order valence-corrected chi connectivity index (χ0v) is 19.5. The largest absolute Gasteiger partial charge is 0.399 e. The SMILES string of the molecule is C=C(N)c1ccc(CNC(=O)c2ccc3c(c2)[C@@H]2O[C@H]3c3ccc(-c4ccc(F)cc4F)cc32)c(F)c1. The molecule has 0 saturated heterocycles. The van der Waals surface area contributed by atoms with Crippen LogP contribution in [-0.4, -0.2) is 5.91 Å². The molecule has 4 aromatic rings. The average molecular weight is 499 g/mol. The molecular weight excluding hydrogens is 477 g/mol. The fraction of sp³-hybridized carbons (Fsp3) is 0.100. The molecule has 6 rings (SSSR count). The molecule has 7 heteroatoms. The van der Waals surface area contributed by atoms with Crippen molar-refractivity contribution in [1.29, 1.82) is 0 Å². The van der Waals surface area contributed by atoms with Gasteiger partial charge in [0.15, 0.2) is 0 Å². The molecule has 1 amide bonds. The smallest absolute Gasteiger partial charge is 0.251 e. The summed E-state index contributed by atoms with van der Waals surface area (Å²) < 4.78 is 48.3. The Morgan fingerprint density at radius 3 is 2.24 bits per heavy atom. The first kappa shape index (κ1) is 23.1. The fourth-order valence-corrected chi connectivity index (χ4v) is 5.05. The highest BCUT2D eigenvalue weighted by Gasteiger charge is 2.43. The topological polar surface area (TPSA) is 64.3 Å². The molecule has 184 valence electrons. The number of hydrogen-bond donors (Lipinski definition) is 2. The van der Waals surface area contributed by atoms with Crippen LogP contribution >= 0.6 is 0 Å². The average Bonchev–Trinajstić information content (AvgIpc) is 3.44. The van der Waals surface area contributed by atoms with E-state index in [4.69, 9.17) is 10.5 Å². The van der Waals surface area contributed by atoms with Gasteiger partial charge >= 0.3 is 0 Å². The second-order valence-corrected chi connectivity index (χ2v) is 9.22. The molecule has 2 aliphatic heterocycles. The minimum atomic E-state index is -0.637. The van der Waals surface area contributed by atoms with Crippen LogP contribution in [0.1, 0.15) is 55.9 Å². The summed E-state index contributed by atoms with van der Waals surface area (Å²) in [7, 11) is 0. The first-order valence-corrected chi connectivity index (χ1v) is 11.7. The maximum absolute atomic E-state index is 14.4. The molecule has 2 aliphatic rings. The Balaban J connectivity index is 1.24. The maximum atomic E-state index is 14.4. The molecule has 2 atom stereocenters. The van der Waals surface area contributed by atoms with Gasteiger partial charge in [-0.15, -0.1) is 0 Å². The van der Waals surface area contributed by atoms with E-state index in [0.717, 1.165) is 28.3 Å². The molecule has 0 aliphatic carbocycles. The summed E-state index contributed by atoms with van der Waals surface area (Å²) in [4.78, 5) is 12.9. The lowest BCUT2D eigenvalue weighted by atomic mass is 9.83. The van der Waals surface area contributed by atoms with Gasteiger partial charge in [-0.2, -0.15) is 0 Å². The van der Waals surface area contributed by atoms with E-state index < -0.39 is 23.6 Å². The van der Waals surface area contributed by atoms with Gasteiger partial charge in [-0.1, -0.05) is 36.9 Å². The van der Waals surface area contributed by atoms with Gasteiger partial charge in [0.1, 0.15) is 29.7 Å². The number of benzene rings is 4. The van der Waals surface area contributed by atoms with Crippen LogP contribution in [0.4, 0.5) is 13.2 Å². The molecule has 3 N–H and O–H groups in total. The highest BCUT2D eigenvalue weighted by molar-refractivity contribution is 5.94. The van der Waals surface area contributed by atoms with E-state index in [1.807, 2.05) is 18.2 Å². The Labute approximate surface area is 211 Å². The van der Waals surface area contributed by atoms with Gasteiger partial charge < -0.3 is 15.8 Å². The predicted molar refractivity (Wildman–Crippen MR) is 134 cm³/mol. The molecule has 0 aromatic heterocycles. The third kappa shape index (κ3) is 3.88. The van der Waals surface area contributed by atoms with Crippen molar-refractivity contribution in [2.75, 3.05) is 0 Å². The summed E-state index contributed by atoms with van der Waals surface area (Å²) in [6.45, 7) is 3.61. The van der Waals surface area contributed by atoms with Crippen LogP contribution in [0, 0.1) is 17.5 Å². The van der Waals surface area contributed by atoms with E-state index in [1.165, 1.54) is 18.2 Å². The number of rotatable bonds is 5. The third-order valence-electron chi connectivity index (χ3n) is 6.94. The van der Waals surface area contributed by atoms with Crippen LogP contribution in [0.3, 0.4) is 0 Å². The molecular formula is C30H21F3N2O2. The molecule has 0 radical (unpaired) electrons. The van der Waals surface area contributed by atoms with Gasteiger partial charge in [-0.05, 0) is 69.8 Å². The summed E-state index contributed by atoms with van der Waals surface area (Å²) in [5, 5.41) is 2.75. The van der Waals surface area contributed by atoms with Crippen molar-refractivity contribution in [3.8, 4) is 11.1 Å². The molecule has 4 aromatic carbocycles. The van der Waals surface area contributed by atoms with Crippen LogP contribution in [0.15, 0.2) is 79.4 Å². The second-order valence-electron chi connectivity index (χ2n) is 9.22. The van der Waals surface area contributed by atoms with Crippen LogP contribution in [0.5, 0.6) is 0 Å². The number of amides is 1. The Morgan fingerprint density at radius 2 is 1.51 bits per heavy atom.